The van der Waals surface area contributed by atoms with Crippen molar-refractivity contribution >= 4 is 5.97 Å². The third kappa shape index (κ3) is 3.44. The van der Waals surface area contributed by atoms with Gasteiger partial charge in [-0.15, -0.1) is 0 Å². The van der Waals surface area contributed by atoms with Gasteiger partial charge in [0.2, 0.25) is 0 Å². The first-order valence-electron chi connectivity index (χ1n) is 6.64. The van der Waals surface area contributed by atoms with Gasteiger partial charge in [0.05, 0.1) is 6.42 Å². The minimum Gasteiger partial charge on any atom is -0.481 e. The lowest BCUT2D eigenvalue weighted by Gasteiger charge is -2.09. The van der Waals surface area contributed by atoms with E-state index >= 15 is 0 Å². The number of benzene rings is 1. The van der Waals surface area contributed by atoms with Crippen molar-refractivity contribution in [2.24, 2.45) is 0 Å². The van der Waals surface area contributed by atoms with Gasteiger partial charge in [0.15, 0.2) is 5.82 Å². The largest absolute Gasteiger partial charge is 0.481 e. The molecule has 0 unspecified atom stereocenters. The monoisotopic (exact) mass is 273 g/mol. The Hall–Kier alpha value is -2.17. The number of H-pyrrole nitrogens is 1. The lowest BCUT2D eigenvalue weighted by Crippen LogP contribution is -2.00. The third-order valence-corrected chi connectivity index (χ3v) is 3.33. The maximum atomic E-state index is 10.5. The van der Waals surface area contributed by atoms with E-state index in [1.165, 1.54) is 22.3 Å². The molecule has 0 saturated heterocycles. The van der Waals surface area contributed by atoms with E-state index in [0.29, 0.717) is 18.7 Å². The van der Waals surface area contributed by atoms with Crippen molar-refractivity contribution in [2.75, 3.05) is 0 Å². The van der Waals surface area contributed by atoms with Crippen molar-refractivity contribution in [3.8, 4) is 0 Å². The van der Waals surface area contributed by atoms with Crippen LogP contribution < -0.4 is 0 Å². The Morgan fingerprint density at radius 2 is 1.90 bits per heavy atom. The summed E-state index contributed by atoms with van der Waals surface area (Å²) in [6, 6.07) is 4.31. The molecule has 0 saturated carbocycles. The predicted molar refractivity (Wildman–Crippen MR) is 75.8 cm³/mol. The maximum Gasteiger partial charge on any atom is 0.303 e. The van der Waals surface area contributed by atoms with Gasteiger partial charge < -0.3 is 5.11 Å². The molecule has 2 aromatic rings. The van der Waals surface area contributed by atoms with Gasteiger partial charge in [-0.3, -0.25) is 9.89 Å². The van der Waals surface area contributed by atoms with Crippen LogP contribution in [0.2, 0.25) is 0 Å². The van der Waals surface area contributed by atoms with Gasteiger partial charge >= 0.3 is 5.97 Å². The van der Waals surface area contributed by atoms with Gasteiger partial charge in [-0.25, -0.2) is 4.98 Å². The average Bonchev–Trinajstić information content (AvgIpc) is 2.79. The average molecular weight is 273 g/mol. The fourth-order valence-corrected chi connectivity index (χ4v) is 2.40. The summed E-state index contributed by atoms with van der Waals surface area (Å²) in [4.78, 5) is 14.9. The number of carboxylic acid groups (broad SMARTS) is 1. The molecule has 1 heterocycles. The summed E-state index contributed by atoms with van der Waals surface area (Å²) in [5.74, 6) is 0.506. The van der Waals surface area contributed by atoms with Crippen LogP contribution in [-0.2, 0) is 17.6 Å². The third-order valence-electron chi connectivity index (χ3n) is 3.33. The number of aromatic nitrogens is 3. The van der Waals surface area contributed by atoms with E-state index in [0.717, 1.165) is 5.82 Å². The first-order chi connectivity index (χ1) is 9.45. The van der Waals surface area contributed by atoms with Crippen molar-refractivity contribution in [2.45, 2.75) is 40.0 Å². The van der Waals surface area contributed by atoms with Crippen LogP contribution in [0.15, 0.2) is 12.1 Å². The topological polar surface area (TPSA) is 78.9 Å². The molecule has 0 radical (unpaired) electrons. The minimum absolute atomic E-state index is 0.0554. The number of hydrogen-bond donors (Lipinski definition) is 2. The number of carbonyl (C=O) groups is 1. The molecule has 5 nitrogen and oxygen atoms in total. The minimum atomic E-state index is -0.832. The number of rotatable bonds is 5. The summed E-state index contributed by atoms with van der Waals surface area (Å²) in [5, 5.41) is 15.6. The lowest BCUT2D eigenvalue weighted by atomic mass is 9.97. The summed E-state index contributed by atoms with van der Waals surface area (Å²) in [6.45, 7) is 6.27. The second kappa shape index (κ2) is 5.86. The van der Waals surface area contributed by atoms with Crippen LogP contribution in [0.5, 0.6) is 0 Å². The van der Waals surface area contributed by atoms with E-state index in [1.807, 2.05) is 0 Å². The summed E-state index contributed by atoms with van der Waals surface area (Å²) in [7, 11) is 0. The highest BCUT2D eigenvalue weighted by atomic mass is 16.4. The zero-order valence-corrected chi connectivity index (χ0v) is 12.0. The molecule has 106 valence electrons. The molecule has 0 spiro atoms. The lowest BCUT2D eigenvalue weighted by molar-refractivity contribution is -0.137. The summed E-state index contributed by atoms with van der Waals surface area (Å²) < 4.78 is 0. The summed E-state index contributed by atoms with van der Waals surface area (Å²) in [5.41, 5.74) is 4.98. The highest BCUT2D eigenvalue weighted by Gasteiger charge is 2.10. The molecule has 0 atom stereocenters. The number of aryl methyl sites for hydroxylation is 4. The van der Waals surface area contributed by atoms with Gasteiger partial charge in [-0.2, -0.15) is 5.10 Å². The number of nitrogens with one attached hydrogen (secondary N) is 1. The van der Waals surface area contributed by atoms with Crippen molar-refractivity contribution in [3.05, 3.63) is 46.0 Å². The van der Waals surface area contributed by atoms with E-state index in [9.17, 15) is 4.79 Å². The number of nitrogens with zero attached hydrogens (tertiary/aromatic N) is 2. The maximum absolute atomic E-state index is 10.5. The van der Waals surface area contributed by atoms with E-state index in [2.05, 4.69) is 48.1 Å². The van der Waals surface area contributed by atoms with Gasteiger partial charge in [0.25, 0.3) is 0 Å². The number of hydrogen-bond acceptors (Lipinski definition) is 3. The zero-order valence-electron chi connectivity index (χ0n) is 12.0. The molecule has 0 aliphatic carbocycles. The molecule has 2 N–H and O–H groups in total. The number of aliphatic carboxylic acids is 1. The molecule has 0 bridgehead atoms. The second-order valence-electron chi connectivity index (χ2n) is 5.15. The molecule has 1 aromatic heterocycles. The summed E-state index contributed by atoms with van der Waals surface area (Å²) >= 11 is 0. The van der Waals surface area contributed by atoms with E-state index in [1.54, 1.807) is 0 Å². The van der Waals surface area contributed by atoms with Crippen molar-refractivity contribution < 1.29 is 9.90 Å². The molecule has 20 heavy (non-hydrogen) atoms. The molecule has 0 amide bonds. The Balaban J connectivity index is 2.13. The van der Waals surface area contributed by atoms with Gasteiger partial charge in [-0.1, -0.05) is 17.7 Å². The van der Waals surface area contributed by atoms with Crippen LogP contribution in [0.1, 0.15) is 40.3 Å². The van der Waals surface area contributed by atoms with Crippen LogP contribution in [0.3, 0.4) is 0 Å². The Morgan fingerprint density at radius 1 is 1.25 bits per heavy atom. The van der Waals surface area contributed by atoms with E-state index in [-0.39, 0.29) is 6.42 Å². The number of aromatic amines is 1. The van der Waals surface area contributed by atoms with Gasteiger partial charge in [0, 0.05) is 12.8 Å². The first kappa shape index (κ1) is 14.2. The summed E-state index contributed by atoms with van der Waals surface area (Å²) in [6.07, 6.45) is 1.11. The van der Waals surface area contributed by atoms with Crippen molar-refractivity contribution in [1.29, 1.82) is 0 Å². The highest BCUT2D eigenvalue weighted by molar-refractivity contribution is 5.66. The first-order valence-corrected chi connectivity index (χ1v) is 6.64. The van der Waals surface area contributed by atoms with Crippen molar-refractivity contribution in [1.82, 2.24) is 15.2 Å². The van der Waals surface area contributed by atoms with Gasteiger partial charge in [-0.05, 0) is 37.5 Å². The molecule has 2 rings (SSSR count). The Labute approximate surface area is 118 Å². The SMILES string of the molecule is Cc1cc(C)c(Cc2nc(CCC(=O)O)n[nH]2)c(C)c1. The molecule has 0 aliphatic rings. The molecule has 0 fully saturated rings. The fourth-order valence-electron chi connectivity index (χ4n) is 2.40. The molecule has 1 aromatic carbocycles. The zero-order chi connectivity index (χ0) is 14.7. The highest BCUT2D eigenvalue weighted by Crippen LogP contribution is 2.18. The van der Waals surface area contributed by atoms with Crippen LogP contribution in [0.25, 0.3) is 0 Å². The molecular formula is C15H19N3O2. The number of carboxylic acids is 1. The Morgan fingerprint density at radius 3 is 2.50 bits per heavy atom. The van der Waals surface area contributed by atoms with Crippen LogP contribution >= 0.6 is 0 Å². The smallest absolute Gasteiger partial charge is 0.303 e. The van der Waals surface area contributed by atoms with E-state index in [4.69, 9.17) is 5.11 Å². The van der Waals surface area contributed by atoms with Gasteiger partial charge in [0.1, 0.15) is 5.82 Å². The fraction of sp³-hybridized carbons (Fsp3) is 0.400. The van der Waals surface area contributed by atoms with Crippen LogP contribution in [0, 0.1) is 20.8 Å². The Bertz CT molecular complexity index is 609. The second-order valence-corrected chi connectivity index (χ2v) is 5.15. The standard InChI is InChI=1S/C15H19N3O2/c1-9-6-10(2)12(11(3)7-9)8-14-16-13(17-18-14)4-5-15(19)20/h6-7H,4-5,8H2,1-3H3,(H,19,20)(H,16,17,18). The van der Waals surface area contributed by atoms with Crippen molar-refractivity contribution in [3.63, 3.8) is 0 Å². The predicted octanol–water partition coefficient (Wildman–Crippen LogP) is 2.34. The molecule has 0 aliphatic heterocycles. The van der Waals surface area contributed by atoms with E-state index < -0.39 is 5.97 Å². The Kier molecular flexibility index (Phi) is 4.17. The van der Waals surface area contributed by atoms with Crippen LogP contribution in [-0.4, -0.2) is 26.3 Å². The molecule has 5 heteroatoms. The normalized spacial score (nSPS) is 10.8. The molecular weight excluding hydrogens is 254 g/mol. The quantitative estimate of drug-likeness (QED) is 0.876. The van der Waals surface area contributed by atoms with Crippen LogP contribution in [0.4, 0.5) is 0 Å².